The van der Waals surface area contributed by atoms with Gasteiger partial charge in [0, 0.05) is 11.9 Å². The summed E-state index contributed by atoms with van der Waals surface area (Å²) in [4.78, 5) is 15.4. The molecule has 0 radical (unpaired) electrons. The van der Waals surface area contributed by atoms with Crippen LogP contribution in [0.25, 0.3) is 0 Å². The van der Waals surface area contributed by atoms with Crippen LogP contribution < -0.4 is 0 Å². The summed E-state index contributed by atoms with van der Waals surface area (Å²) in [5.74, 6) is -0.200. The van der Waals surface area contributed by atoms with Gasteiger partial charge in [0.25, 0.3) is 0 Å². The fourth-order valence-corrected chi connectivity index (χ4v) is 2.65. The van der Waals surface area contributed by atoms with E-state index in [2.05, 4.69) is 4.98 Å². The largest absolute Gasteiger partial charge is 0.478 e. The number of hydrogen-bond donors (Lipinski definition) is 1. The van der Waals surface area contributed by atoms with Crippen molar-refractivity contribution in [2.75, 3.05) is 0 Å². The molecule has 0 atom stereocenters. The standard InChI is InChI=1S/C14H13NO2S/c1-10-7-8-15-13(12(10)14(16)17)18-9-11-5-3-2-4-6-11/h2-8H,9H2,1H3,(H,16,17). The Kier molecular flexibility index (Phi) is 3.99. The van der Waals surface area contributed by atoms with Gasteiger partial charge in [-0.15, -0.1) is 11.8 Å². The highest BCUT2D eigenvalue weighted by Crippen LogP contribution is 2.26. The number of pyridine rings is 1. The second kappa shape index (κ2) is 5.69. The molecule has 1 aromatic heterocycles. The highest BCUT2D eigenvalue weighted by atomic mass is 32.2. The van der Waals surface area contributed by atoms with Gasteiger partial charge >= 0.3 is 5.97 Å². The third kappa shape index (κ3) is 2.90. The van der Waals surface area contributed by atoms with Crippen LogP contribution in [0.2, 0.25) is 0 Å². The zero-order valence-electron chi connectivity index (χ0n) is 9.96. The molecule has 0 amide bonds. The van der Waals surface area contributed by atoms with Gasteiger partial charge in [-0.2, -0.15) is 0 Å². The Morgan fingerprint density at radius 1 is 1.28 bits per heavy atom. The molecule has 0 aliphatic rings. The Morgan fingerprint density at radius 3 is 2.67 bits per heavy atom. The van der Waals surface area contributed by atoms with E-state index in [1.54, 1.807) is 19.2 Å². The quantitative estimate of drug-likeness (QED) is 0.855. The predicted octanol–water partition coefficient (Wildman–Crippen LogP) is 3.38. The first-order valence-corrected chi connectivity index (χ1v) is 6.52. The molecular weight excluding hydrogens is 246 g/mol. The smallest absolute Gasteiger partial charge is 0.338 e. The molecule has 1 aromatic carbocycles. The summed E-state index contributed by atoms with van der Waals surface area (Å²) < 4.78 is 0. The molecule has 0 aliphatic heterocycles. The summed E-state index contributed by atoms with van der Waals surface area (Å²) in [6.07, 6.45) is 1.65. The van der Waals surface area contributed by atoms with Crippen molar-refractivity contribution in [3.05, 3.63) is 59.3 Å². The van der Waals surface area contributed by atoms with Crippen molar-refractivity contribution < 1.29 is 9.90 Å². The van der Waals surface area contributed by atoms with Crippen molar-refractivity contribution in [2.24, 2.45) is 0 Å². The highest BCUT2D eigenvalue weighted by molar-refractivity contribution is 7.98. The first-order chi connectivity index (χ1) is 8.68. The number of aryl methyl sites for hydroxylation is 1. The fourth-order valence-electron chi connectivity index (χ4n) is 1.63. The Bertz CT molecular complexity index is 555. The van der Waals surface area contributed by atoms with Gasteiger partial charge in [-0.05, 0) is 24.1 Å². The Balaban J connectivity index is 2.20. The van der Waals surface area contributed by atoms with Gasteiger partial charge in [0.05, 0.1) is 5.56 Å². The number of hydrogen-bond acceptors (Lipinski definition) is 3. The van der Waals surface area contributed by atoms with Crippen LogP contribution in [0.1, 0.15) is 21.5 Å². The molecular formula is C14H13NO2S. The van der Waals surface area contributed by atoms with Crippen molar-refractivity contribution >= 4 is 17.7 Å². The average molecular weight is 259 g/mol. The second-order valence-corrected chi connectivity index (χ2v) is 4.85. The van der Waals surface area contributed by atoms with Crippen molar-refractivity contribution in [3.63, 3.8) is 0 Å². The van der Waals surface area contributed by atoms with Crippen molar-refractivity contribution in [1.82, 2.24) is 4.98 Å². The van der Waals surface area contributed by atoms with Crippen LogP contribution >= 0.6 is 11.8 Å². The molecule has 18 heavy (non-hydrogen) atoms. The molecule has 2 aromatic rings. The number of carboxylic acid groups (broad SMARTS) is 1. The maximum absolute atomic E-state index is 11.2. The third-order valence-electron chi connectivity index (χ3n) is 2.56. The normalized spacial score (nSPS) is 10.3. The van der Waals surface area contributed by atoms with Gasteiger partial charge in [-0.25, -0.2) is 9.78 Å². The number of carbonyl (C=O) groups is 1. The molecule has 3 nitrogen and oxygen atoms in total. The molecule has 0 saturated heterocycles. The first kappa shape index (κ1) is 12.6. The van der Waals surface area contributed by atoms with E-state index in [0.29, 0.717) is 10.6 Å². The number of rotatable bonds is 4. The minimum Gasteiger partial charge on any atom is -0.478 e. The van der Waals surface area contributed by atoms with Gasteiger partial charge < -0.3 is 5.11 Å². The summed E-state index contributed by atoms with van der Waals surface area (Å²) in [5, 5.41) is 9.77. The number of aromatic nitrogens is 1. The summed E-state index contributed by atoms with van der Waals surface area (Å²) in [6.45, 7) is 1.79. The number of thioether (sulfide) groups is 1. The van der Waals surface area contributed by atoms with Gasteiger partial charge in [0.2, 0.25) is 0 Å². The first-order valence-electron chi connectivity index (χ1n) is 5.54. The molecule has 1 heterocycles. The molecule has 2 rings (SSSR count). The lowest BCUT2D eigenvalue weighted by molar-refractivity contribution is 0.0691. The van der Waals surface area contributed by atoms with Crippen LogP contribution in [0, 0.1) is 6.92 Å². The Labute approximate surface area is 110 Å². The maximum Gasteiger partial charge on any atom is 0.338 e. The molecule has 0 unspecified atom stereocenters. The van der Waals surface area contributed by atoms with Crippen molar-refractivity contribution in [1.29, 1.82) is 0 Å². The Hall–Kier alpha value is -1.81. The zero-order valence-corrected chi connectivity index (χ0v) is 10.8. The van der Waals surface area contributed by atoms with E-state index in [1.165, 1.54) is 11.8 Å². The van der Waals surface area contributed by atoms with Crippen LogP contribution in [-0.4, -0.2) is 16.1 Å². The lowest BCUT2D eigenvalue weighted by Gasteiger charge is -2.07. The van der Waals surface area contributed by atoms with E-state index in [1.807, 2.05) is 30.3 Å². The van der Waals surface area contributed by atoms with Crippen molar-refractivity contribution in [2.45, 2.75) is 17.7 Å². The SMILES string of the molecule is Cc1ccnc(SCc2ccccc2)c1C(=O)O. The topological polar surface area (TPSA) is 50.2 Å². The summed E-state index contributed by atoms with van der Waals surface area (Å²) >= 11 is 1.45. The number of benzene rings is 1. The van der Waals surface area contributed by atoms with Gasteiger partial charge in [0.1, 0.15) is 5.03 Å². The predicted molar refractivity (Wildman–Crippen MR) is 71.9 cm³/mol. The Morgan fingerprint density at radius 2 is 2.00 bits per heavy atom. The van der Waals surface area contributed by atoms with E-state index >= 15 is 0 Å². The molecule has 4 heteroatoms. The van der Waals surface area contributed by atoms with E-state index in [-0.39, 0.29) is 0 Å². The third-order valence-corrected chi connectivity index (χ3v) is 3.62. The lowest BCUT2D eigenvalue weighted by atomic mass is 10.2. The number of nitrogens with zero attached hydrogens (tertiary/aromatic N) is 1. The molecule has 0 saturated carbocycles. The number of carboxylic acids is 1. The number of aromatic carboxylic acids is 1. The van der Waals surface area contributed by atoms with Gasteiger partial charge in [-0.1, -0.05) is 30.3 Å². The van der Waals surface area contributed by atoms with E-state index < -0.39 is 5.97 Å². The lowest BCUT2D eigenvalue weighted by Crippen LogP contribution is -2.03. The monoisotopic (exact) mass is 259 g/mol. The minimum atomic E-state index is -0.920. The minimum absolute atomic E-state index is 0.304. The zero-order chi connectivity index (χ0) is 13.0. The van der Waals surface area contributed by atoms with Crippen LogP contribution in [0.5, 0.6) is 0 Å². The molecule has 92 valence electrons. The van der Waals surface area contributed by atoms with E-state index in [4.69, 9.17) is 0 Å². The van der Waals surface area contributed by atoms with Crippen LogP contribution in [0.15, 0.2) is 47.6 Å². The second-order valence-electron chi connectivity index (χ2n) is 3.89. The fraction of sp³-hybridized carbons (Fsp3) is 0.143. The summed E-state index contributed by atoms with van der Waals surface area (Å²) in [7, 11) is 0. The van der Waals surface area contributed by atoms with Gasteiger partial charge in [-0.3, -0.25) is 0 Å². The van der Waals surface area contributed by atoms with Crippen LogP contribution in [-0.2, 0) is 5.75 Å². The molecule has 1 N–H and O–H groups in total. The maximum atomic E-state index is 11.2. The summed E-state index contributed by atoms with van der Waals surface area (Å²) in [5.41, 5.74) is 2.20. The molecule has 0 bridgehead atoms. The van der Waals surface area contributed by atoms with Gasteiger partial charge in [0.15, 0.2) is 0 Å². The van der Waals surface area contributed by atoms with Crippen LogP contribution in [0.3, 0.4) is 0 Å². The van der Waals surface area contributed by atoms with E-state index in [0.717, 1.165) is 16.9 Å². The summed E-state index contributed by atoms with van der Waals surface area (Å²) in [6, 6.07) is 11.7. The van der Waals surface area contributed by atoms with E-state index in [9.17, 15) is 9.90 Å². The molecule has 0 aliphatic carbocycles. The highest BCUT2D eigenvalue weighted by Gasteiger charge is 2.14. The van der Waals surface area contributed by atoms with Crippen LogP contribution in [0.4, 0.5) is 0 Å². The average Bonchev–Trinajstić information content (AvgIpc) is 2.37. The van der Waals surface area contributed by atoms with Crippen molar-refractivity contribution in [3.8, 4) is 0 Å². The molecule has 0 fully saturated rings. The molecule has 0 spiro atoms.